The van der Waals surface area contributed by atoms with Gasteiger partial charge in [0.25, 0.3) is 0 Å². The van der Waals surface area contributed by atoms with Gasteiger partial charge in [0.2, 0.25) is 0 Å². The molecule has 0 unspecified atom stereocenters. The summed E-state index contributed by atoms with van der Waals surface area (Å²) in [5, 5.41) is 12.4. The number of hydrogen-bond donors (Lipinski definition) is 2. The predicted octanol–water partition coefficient (Wildman–Crippen LogP) is 2.75. The maximum Gasteiger partial charge on any atom is 0.321 e. The Balaban J connectivity index is 2.02. The highest BCUT2D eigenvalue weighted by molar-refractivity contribution is 9.10. The highest BCUT2D eigenvalue weighted by Crippen LogP contribution is 2.24. The molecule has 2 N–H and O–H groups in total. The fraction of sp³-hybridized carbons (Fsp3) is 0.462. The summed E-state index contributed by atoms with van der Waals surface area (Å²) in [4.78, 5) is 13.7. The van der Waals surface area contributed by atoms with Gasteiger partial charge >= 0.3 is 6.03 Å². The lowest BCUT2D eigenvalue weighted by atomic mass is 10.1. The molecule has 2 rings (SSSR count). The van der Waals surface area contributed by atoms with Crippen molar-refractivity contribution < 1.29 is 9.90 Å². The minimum absolute atomic E-state index is 0.154. The number of aliphatic hydroxyl groups is 1. The molecular formula is C13H17BrN2O2. The van der Waals surface area contributed by atoms with E-state index in [9.17, 15) is 9.90 Å². The fourth-order valence-corrected chi connectivity index (χ4v) is 2.65. The summed E-state index contributed by atoms with van der Waals surface area (Å²) < 4.78 is 0.869. The zero-order valence-electron chi connectivity index (χ0n) is 10.3. The van der Waals surface area contributed by atoms with E-state index < -0.39 is 6.10 Å². The zero-order valence-corrected chi connectivity index (χ0v) is 11.9. The van der Waals surface area contributed by atoms with Crippen LogP contribution in [0.5, 0.6) is 0 Å². The van der Waals surface area contributed by atoms with E-state index in [2.05, 4.69) is 21.2 Å². The van der Waals surface area contributed by atoms with Crippen LogP contribution in [0.2, 0.25) is 0 Å². The SMILES string of the molecule is Cc1ccc(NC(=O)N2CCC[C@@H](O)C2)c(Br)c1. The Morgan fingerprint density at radius 2 is 2.33 bits per heavy atom. The summed E-state index contributed by atoms with van der Waals surface area (Å²) in [5.74, 6) is 0. The molecule has 1 aromatic rings. The molecule has 4 nitrogen and oxygen atoms in total. The van der Waals surface area contributed by atoms with Gasteiger partial charge in [-0.3, -0.25) is 0 Å². The van der Waals surface area contributed by atoms with Crippen LogP contribution < -0.4 is 5.32 Å². The maximum absolute atomic E-state index is 12.0. The molecule has 0 aliphatic carbocycles. The van der Waals surface area contributed by atoms with Crippen LogP contribution in [-0.2, 0) is 0 Å². The number of anilines is 1. The minimum atomic E-state index is -0.397. The van der Waals surface area contributed by atoms with E-state index in [1.807, 2.05) is 25.1 Å². The third kappa shape index (κ3) is 3.23. The van der Waals surface area contributed by atoms with E-state index >= 15 is 0 Å². The number of aliphatic hydroxyl groups excluding tert-OH is 1. The summed E-state index contributed by atoms with van der Waals surface area (Å²) >= 11 is 3.43. The highest BCUT2D eigenvalue weighted by atomic mass is 79.9. The van der Waals surface area contributed by atoms with E-state index in [-0.39, 0.29) is 6.03 Å². The van der Waals surface area contributed by atoms with Crippen LogP contribution in [0.3, 0.4) is 0 Å². The van der Waals surface area contributed by atoms with Crippen molar-refractivity contribution >= 4 is 27.6 Å². The van der Waals surface area contributed by atoms with Crippen molar-refractivity contribution in [3.05, 3.63) is 28.2 Å². The number of aryl methyl sites for hydroxylation is 1. The van der Waals surface area contributed by atoms with Gasteiger partial charge in [0.1, 0.15) is 0 Å². The Kier molecular flexibility index (Phi) is 4.24. The quantitative estimate of drug-likeness (QED) is 0.837. The molecule has 1 fully saturated rings. The normalized spacial score (nSPS) is 19.7. The highest BCUT2D eigenvalue weighted by Gasteiger charge is 2.22. The van der Waals surface area contributed by atoms with Crippen molar-refractivity contribution in [3.63, 3.8) is 0 Å². The fourth-order valence-electron chi connectivity index (χ4n) is 2.05. The first-order valence-corrected chi connectivity index (χ1v) is 6.85. The van der Waals surface area contributed by atoms with E-state index in [0.29, 0.717) is 13.1 Å². The number of rotatable bonds is 1. The number of halogens is 1. The van der Waals surface area contributed by atoms with Crippen LogP contribution in [0.15, 0.2) is 22.7 Å². The van der Waals surface area contributed by atoms with E-state index in [0.717, 1.165) is 28.6 Å². The molecule has 0 radical (unpaired) electrons. The van der Waals surface area contributed by atoms with Crippen LogP contribution in [0.1, 0.15) is 18.4 Å². The third-order valence-electron chi connectivity index (χ3n) is 3.05. The van der Waals surface area contributed by atoms with Gasteiger partial charge in [0, 0.05) is 17.6 Å². The first-order chi connectivity index (χ1) is 8.56. The molecule has 0 saturated carbocycles. The van der Waals surface area contributed by atoms with Gasteiger partial charge in [0.15, 0.2) is 0 Å². The second kappa shape index (κ2) is 5.71. The Morgan fingerprint density at radius 3 is 3.00 bits per heavy atom. The number of carbonyl (C=O) groups is 1. The molecule has 1 heterocycles. The van der Waals surface area contributed by atoms with Crippen molar-refractivity contribution in [3.8, 4) is 0 Å². The van der Waals surface area contributed by atoms with Gasteiger partial charge in [0.05, 0.1) is 11.8 Å². The molecule has 1 aliphatic heterocycles. The first-order valence-electron chi connectivity index (χ1n) is 6.06. The van der Waals surface area contributed by atoms with E-state index in [1.54, 1.807) is 4.90 Å². The van der Waals surface area contributed by atoms with Crippen LogP contribution in [-0.4, -0.2) is 35.2 Å². The lowest BCUT2D eigenvalue weighted by molar-refractivity contribution is 0.0883. The van der Waals surface area contributed by atoms with E-state index in [4.69, 9.17) is 0 Å². The van der Waals surface area contributed by atoms with Crippen molar-refractivity contribution in [1.82, 2.24) is 4.90 Å². The Labute approximate surface area is 115 Å². The molecular weight excluding hydrogens is 296 g/mol. The topological polar surface area (TPSA) is 52.6 Å². The standard InChI is InChI=1S/C13H17BrN2O2/c1-9-4-5-12(11(14)7-9)15-13(18)16-6-2-3-10(17)8-16/h4-5,7,10,17H,2-3,6,8H2,1H3,(H,15,18)/t10-/m1/s1. The van der Waals surface area contributed by atoms with Crippen LogP contribution in [0.4, 0.5) is 10.5 Å². The second-order valence-electron chi connectivity index (χ2n) is 4.66. The molecule has 5 heteroatoms. The van der Waals surface area contributed by atoms with Gasteiger partial charge < -0.3 is 15.3 Å². The van der Waals surface area contributed by atoms with Crippen LogP contribution >= 0.6 is 15.9 Å². The van der Waals surface area contributed by atoms with Crippen molar-refractivity contribution in [2.24, 2.45) is 0 Å². The second-order valence-corrected chi connectivity index (χ2v) is 5.51. The molecule has 1 atom stereocenters. The molecule has 18 heavy (non-hydrogen) atoms. The number of piperidine rings is 1. The number of β-amino-alcohol motifs (C(OH)–C–C–N with tert-alkyl or cyclic N) is 1. The van der Waals surface area contributed by atoms with Gasteiger partial charge in [-0.25, -0.2) is 4.79 Å². The molecule has 1 aromatic carbocycles. The number of nitrogens with one attached hydrogen (secondary N) is 1. The van der Waals surface area contributed by atoms with Crippen molar-refractivity contribution in [2.45, 2.75) is 25.9 Å². The molecule has 1 saturated heterocycles. The number of hydrogen-bond acceptors (Lipinski definition) is 2. The Hall–Kier alpha value is -1.07. The minimum Gasteiger partial charge on any atom is -0.391 e. The van der Waals surface area contributed by atoms with Gasteiger partial charge in [-0.1, -0.05) is 6.07 Å². The summed E-state index contributed by atoms with van der Waals surface area (Å²) in [6.07, 6.45) is 1.23. The lowest BCUT2D eigenvalue weighted by Crippen LogP contribution is -2.44. The summed E-state index contributed by atoms with van der Waals surface area (Å²) in [6, 6.07) is 5.63. The monoisotopic (exact) mass is 312 g/mol. The zero-order chi connectivity index (χ0) is 13.1. The number of nitrogens with zero attached hydrogens (tertiary/aromatic N) is 1. The number of likely N-dealkylation sites (tertiary alicyclic amines) is 1. The van der Waals surface area contributed by atoms with Crippen LogP contribution in [0, 0.1) is 6.92 Å². The number of benzene rings is 1. The van der Waals surface area contributed by atoms with Gasteiger partial charge in [-0.05, 0) is 53.4 Å². The average molecular weight is 313 g/mol. The summed E-state index contributed by atoms with van der Waals surface area (Å²) in [7, 11) is 0. The lowest BCUT2D eigenvalue weighted by Gasteiger charge is -2.30. The van der Waals surface area contributed by atoms with Crippen LogP contribution in [0.25, 0.3) is 0 Å². The molecule has 0 spiro atoms. The average Bonchev–Trinajstić information content (AvgIpc) is 2.32. The largest absolute Gasteiger partial charge is 0.391 e. The molecule has 0 aromatic heterocycles. The molecule has 0 bridgehead atoms. The Bertz CT molecular complexity index is 451. The number of carbonyl (C=O) groups excluding carboxylic acids is 1. The van der Waals surface area contributed by atoms with Gasteiger partial charge in [-0.2, -0.15) is 0 Å². The molecule has 1 aliphatic rings. The summed E-state index contributed by atoms with van der Waals surface area (Å²) in [5.41, 5.74) is 1.89. The summed E-state index contributed by atoms with van der Waals surface area (Å²) in [6.45, 7) is 3.11. The predicted molar refractivity (Wildman–Crippen MR) is 74.7 cm³/mol. The van der Waals surface area contributed by atoms with Crippen molar-refractivity contribution in [2.75, 3.05) is 18.4 Å². The first kappa shape index (κ1) is 13.4. The smallest absolute Gasteiger partial charge is 0.321 e. The number of urea groups is 1. The molecule has 98 valence electrons. The number of amides is 2. The third-order valence-corrected chi connectivity index (χ3v) is 3.71. The Morgan fingerprint density at radius 1 is 1.56 bits per heavy atom. The maximum atomic E-state index is 12.0. The van der Waals surface area contributed by atoms with Crippen molar-refractivity contribution in [1.29, 1.82) is 0 Å². The molecule has 2 amide bonds. The van der Waals surface area contributed by atoms with E-state index in [1.165, 1.54) is 0 Å². The van der Waals surface area contributed by atoms with Gasteiger partial charge in [-0.15, -0.1) is 0 Å².